The minimum atomic E-state index is -0.167. The van der Waals surface area contributed by atoms with E-state index >= 15 is 0 Å². The van der Waals surface area contributed by atoms with Crippen molar-refractivity contribution >= 4 is 35.3 Å². The Morgan fingerprint density at radius 1 is 0.632 bits per heavy atom. The second-order valence-corrected chi connectivity index (χ2v) is 9.02. The fourth-order valence-corrected chi connectivity index (χ4v) is 3.94. The molecular formula is C34H31N2O2. The molecule has 4 rings (SSSR count). The van der Waals surface area contributed by atoms with Crippen LogP contribution >= 0.6 is 0 Å². The van der Waals surface area contributed by atoms with Crippen LogP contribution in [0.25, 0.3) is 12.2 Å². The van der Waals surface area contributed by atoms with Crippen molar-refractivity contribution in [2.75, 3.05) is 10.6 Å². The van der Waals surface area contributed by atoms with Gasteiger partial charge in [-0.3, -0.25) is 9.59 Å². The molecule has 189 valence electrons. The van der Waals surface area contributed by atoms with Gasteiger partial charge in [-0.25, -0.2) is 0 Å². The first-order chi connectivity index (χ1) is 18.5. The van der Waals surface area contributed by atoms with Crippen molar-refractivity contribution in [3.8, 4) is 0 Å². The lowest BCUT2D eigenvalue weighted by Crippen LogP contribution is -2.08. The Morgan fingerprint density at radius 2 is 1.08 bits per heavy atom. The van der Waals surface area contributed by atoms with Crippen LogP contribution in [0.5, 0.6) is 0 Å². The Bertz CT molecular complexity index is 1370. The number of hydrogen-bond acceptors (Lipinski definition) is 2. The first-order valence-electron chi connectivity index (χ1n) is 12.7. The van der Waals surface area contributed by atoms with Crippen molar-refractivity contribution in [1.29, 1.82) is 0 Å². The first-order valence-corrected chi connectivity index (χ1v) is 12.7. The van der Waals surface area contributed by atoms with E-state index in [0.717, 1.165) is 40.9 Å². The molecule has 4 nitrogen and oxygen atoms in total. The molecule has 0 fully saturated rings. The van der Waals surface area contributed by atoms with E-state index in [0.29, 0.717) is 0 Å². The number of rotatable bonds is 10. The van der Waals surface area contributed by atoms with Crippen molar-refractivity contribution in [2.24, 2.45) is 0 Å². The summed E-state index contributed by atoms with van der Waals surface area (Å²) in [7, 11) is 0. The average Bonchev–Trinajstić information content (AvgIpc) is 2.96. The van der Waals surface area contributed by atoms with Gasteiger partial charge in [-0.05, 0) is 84.4 Å². The van der Waals surface area contributed by atoms with E-state index < -0.39 is 0 Å². The summed E-state index contributed by atoms with van der Waals surface area (Å²) in [6.45, 7) is 4.32. The van der Waals surface area contributed by atoms with Crippen molar-refractivity contribution in [3.63, 3.8) is 0 Å². The van der Waals surface area contributed by atoms with E-state index in [9.17, 15) is 9.59 Å². The predicted molar refractivity (Wildman–Crippen MR) is 158 cm³/mol. The van der Waals surface area contributed by atoms with Crippen LogP contribution in [0.1, 0.15) is 34.6 Å². The molecule has 4 heteroatoms. The van der Waals surface area contributed by atoms with Crippen LogP contribution in [0.2, 0.25) is 0 Å². The van der Waals surface area contributed by atoms with Crippen LogP contribution in [-0.4, -0.2) is 11.8 Å². The molecule has 0 aliphatic heterocycles. The summed E-state index contributed by atoms with van der Waals surface area (Å²) in [6, 6.07) is 35.2. The molecule has 1 atom stereocenters. The normalized spacial score (nSPS) is 11.9. The molecule has 0 spiro atoms. The minimum absolute atomic E-state index is 0.125. The molecule has 0 aliphatic carbocycles. The van der Waals surface area contributed by atoms with Crippen LogP contribution < -0.4 is 10.6 Å². The molecule has 4 aromatic carbocycles. The maximum atomic E-state index is 12.2. The highest BCUT2D eigenvalue weighted by atomic mass is 16.2. The number of carbonyl (C=O) groups is 2. The van der Waals surface area contributed by atoms with Gasteiger partial charge in [0.15, 0.2) is 0 Å². The highest BCUT2D eigenvalue weighted by Crippen LogP contribution is 2.23. The molecule has 0 heterocycles. The van der Waals surface area contributed by atoms with E-state index in [1.807, 2.05) is 109 Å². The Labute approximate surface area is 224 Å². The Hall–Kier alpha value is -4.70. The third kappa shape index (κ3) is 8.45. The van der Waals surface area contributed by atoms with Gasteiger partial charge in [-0.15, -0.1) is 0 Å². The van der Waals surface area contributed by atoms with Crippen LogP contribution in [0.4, 0.5) is 11.4 Å². The van der Waals surface area contributed by atoms with E-state index in [1.165, 1.54) is 17.7 Å². The molecule has 38 heavy (non-hydrogen) atoms. The van der Waals surface area contributed by atoms with Crippen molar-refractivity contribution in [2.45, 2.75) is 18.8 Å². The van der Waals surface area contributed by atoms with Gasteiger partial charge in [0.05, 0.1) is 0 Å². The first kappa shape index (κ1) is 26.4. The number of nitrogens with one attached hydrogen (secondary N) is 2. The lowest BCUT2D eigenvalue weighted by molar-refractivity contribution is -0.112. The minimum Gasteiger partial charge on any atom is -0.323 e. The fraction of sp³-hybridized carbons (Fsp3) is 0.0882. The van der Waals surface area contributed by atoms with Gasteiger partial charge in [0.1, 0.15) is 0 Å². The molecule has 0 aromatic heterocycles. The van der Waals surface area contributed by atoms with Gasteiger partial charge in [-0.2, -0.15) is 0 Å². The second kappa shape index (κ2) is 13.6. The molecule has 0 aliphatic rings. The zero-order valence-electron chi connectivity index (χ0n) is 21.2. The van der Waals surface area contributed by atoms with E-state index in [1.54, 1.807) is 12.2 Å². The summed E-state index contributed by atoms with van der Waals surface area (Å²) in [4.78, 5) is 24.4. The predicted octanol–water partition coefficient (Wildman–Crippen LogP) is 7.54. The molecule has 0 bridgehead atoms. The largest absolute Gasteiger partial charge is 0.323 e. The highest BCUT2D eigenvalue weighted by molar-refractivity contribution is 6.02. The molecule has 0 saturated carbocycles. The topological polar surface area (TPSA) is 58.2 Å². The second-order valence-electron chi connectivity index (χ2n) is 9.02. The molecule has 2 amide bonds. The number of hydrogen-bond donors (Lipinski definition) is 2. The summed E-state index contributed by atoms with van der Waals surface area (Å²) in [5.74, 6) is -0.203. The third-order valence-electron chi connectivity index (χ3n) is 6.11. The average molecular weight is 500 g/mol. The van der Waals surface area contributed by atoms with Gasteiger partial charge in [0, 0.05) is 23.5 Å². The zero-order valence-corrected chi connectivity index (χ0v) is 21.2. The van der Waals surface area contributed by atoms with Crippen molar-refractivity contribution in [3.05, 3.63) is 151 Å². The van der Waals surface area contributed by atoms with Gasteiger partial charge in [0.2, 0.25) is 11.8 Å². The van der Waals surface area contributed by atoms with Crippen LogP contribution in [0, 0.1) is 6.92 Å². The van der Waals surface area contributed by atoms with Gasteiger partial charge in [0.25, 0.3) is 0 Å². The maximum absolute atomic E-state index is 12.2. The summed E-state index contributed by atoms with van der Waals surface area (Å²) < 4.78 is 0. The molecular weight excluding hydrogens is 468 g/mol. The Balaban J connectivity index is 1.22. The van der Waals surface area contributed by atoms with Gasteiger partial charge in [-0.1, -0.05) is 84.9 Å². The molecule has 1 radical (unpaired) electrons. The molecule has 0 saturated heterocycles. The monoisotopic (exact) mass is 499 g/mol. The van der Waals surface area contributed by atoms with Crippen LogP contribution in [-0.2, 0) is 16.0 Å². The maximum Gasteiger partial charge on any atom is 0.248 e. The summed E-state index contributed by atoms with van der Waals surface area (Å²) >= 11 is 0. The smallest absolute Gasteiger partial charge is 0.248 e. The van der Waals surface area contributed by atoms with Crippen molar-refractivity contribution in [1.82, 2.24) is 0 Å². The van der Waals surface area contributed by atoms with Crippen molar-refractivity contribution < 1.29 is 9.59 Å². The Kier molecular flexibility index (Phi) is 9.41. The van der Waals surface area contributed by atoms with Crippen LogP contribution in [0.15, 0.2) is 121 Å². The highest BCUT2D eigenvalue weighted by Gasteiger charge is 2.07. The number of carbonyl (C=O) groups excluding carboxylic acids is 2. The van der Waals surface area contributed by atoms with E-state index in [4.69, 9.17) is 0 Å². The third-order valence-corrected chi connectivity index (χ3v) is 6.11. The molecule has 1 unspecified atom stereocenters. The quantitative estimate of drug-likeness (QED) is 0.221. The molecule has 4 aromatic rings. The van der Waals surface area contributed by atoms with Gasteiger partial charge < -0.3 is 10.6 Å². The lowest BCUT2D eigenvalue weighted by Gasteiger charge is -2.13. The number of amides is 2. The van der Waals surface area contributed by atoms with Gasteiger partial charge >= 0.3 is 0 Å². The SMILES string of the molecule is [CH2]C(CCc1ccc(NC(=O)C=Cc2ccccc2)cc1)c1ccc(NC(=O)C=Cc2ccccc2)cc1. The standard InChI is InChI=1S/C34H31N2O2/c1-26(30-18-22-32(23-19-30)36-34(38)25-17-28-10-6-3-7-11-28)12-13-29-14-20-31(21-15-29)35-33(37)24-16-27-8-4-2-5-9-27/h2-11,14-26H,1,12-13H2,(H,35,37)(H,36,38). The Morgan fingerprint density at radius 3 is 1.55 bits per heavy atom. The van der Waals surface area contributed by atoms with E-state index in [2.05, 4.69) is 17.6 Å². The number of benzene rings is 4. The summed E-state index contributed by atoms with van der Waals surface area (Å²) in [5.41, 5.74) is 5.78. The zero-order chi connectivity index (χ0) is 26.6. The number of aryl methyl sites for hydroxylation is 1. The van der Waals surface area contributed by atoms with Crippen LogP contribution in [0.3, 0.4) is 0 Å². The summed E-state index contributed by atoms with van der Waals surface area (Å²) in [5, 5.41) is 5.78. The molecule has 2 N–H and O–H groups in total. The fourth-order valence-electron chi connectivity index (χ4n) is 3.94. The number of anilines is 2. The summed E-state index contributed by atoms with van der Waals surface area (Å²) in [6.07, 6.45) is 8.41. The lowest BCUT2D eigenvalue weighted by atomic mass is 9.94. The van der Waals surface area contributed by atoms with E-state index in [-0.39, 0.29) is 17.7 Å².